The van der Waals surface area contributed by atoms with Gasteiger partial charge >= 0.3 is 0 Å². The Hall–Kier alpha value is -2.59. The van der Waals surface area contributed by atoms with Crippen molar-refractivity contribution in [1.29, 1.82) is 0 Å². The molecule has 34 heavy (non-hydrogen) atoms. The normalized spacial score (nSPS) is 18.0. The van der Waals surface area contributed by atoms with E-state index in [2.05, 4.69) is 56.0 Å². The molecular formula is C33H39F. The molecule has 0 aromatic heterocycles. The smallest absolute Gasteiger partial charge is 0.134 e. The van der Waals surface area contributed by atoms with E-state index in [0.29, 0.717) is 5.92 Å². The standard InChI is InChI=1S/C33H39F/c1-3-5-7-9-26-10-12-27(13-11-26)14-15-28-18-22-32-30(24-28)21-23-31(33(32)34)29-19-16-25(17-20-29)8-6-4-2/h10-13,18,21-25,29H,3-9,16-17,19-20H2,1-2H3. The molecule has 0 heterocycles. The Morgan fingerprint density at radius 2 is 1.47 bits per heavy atom. The molecule has 0 saturated heterocycles. The lowest BCUT2D eigenvalue weighted by atomic mass is 9.76. The number of aryl methyl sites for hydroxylation is 1. The van der Waals surface area contributed by atoms with E-state index in [-0.39, 0.29) is 5.82 Å². The molecule has 0 unspecified atom stereocenters. The molecule has 4 rings (SSSR count). The molecule has 1 aliphatic carbocycles. The predicted molar refractivity (Wildman–Crippen MR) is 144 cm³/mol. The lowest BCUT2D eigenvalue weighted by Gasteiger charge is -2.29. The summed E-state index contributed by atoms with van der Waals surface area (Å²) in [6.45, 7) is 4.50. The van der Waals surface area contributed by atoms with Crippen LogP contribution >= 0.6 is 0 Å². The second-order valence-corrected chi connectivity index (χ2v) is 10.2. The van der Waals surface area contributed by atoms with Crippen molar-refractivity contribution in [1.82, 2.24) is 0 Å². The van der Waals surface area contributed by atoms with Crippen LogP contribution in [0.25, 0.3) is 10.8 Å². The fraction of sp³-hybridized carbons (Fsp3) is 0.455. The minimum absolute atomic E-state index is 0.0207. The van der Waals surface area contributed by atoms with Gasteiger partial charge in [0.2, 0.25) is 0 Å². The monoisotopic (exact) mass is 454 g/mol. The van der Waals surface area contributed by atoms with E-state index in [1.165, 1.54) is 56.9 Å². The van der Waals surface area contributed by atoms with Crippen LogP contribution in [0.15, 0.2) is 54.6 Å². The summed E-state index contributed by atoms with van der Waals surface area (Å²) >= 11 is 0. The Labute approximate surface area is 206 Å². The Kier molecular flexibility index (Phi) is 8.81. The van der Waals surface area contributed by atoms with Crippen LogP contribution in [0.1, 0.15) is 106 Å². The first-order chi connectivity index (χ1) is 16.7. The van der Waals surface area contributed by atoms with Gasteiger partial charge in [-0.1, -0.05) is 88.1 Å². The van der Waals surface area contributed by atoms with Crippen molar-refractivity contribution >= 4 is 10.8 Å². The van der Waals surface area contributed by atoms with Crippen molar-refractivity contribution in [2.45, 2.75) is 90.4 Å². The Morgan fingerprint density at radius 1 is 0.765 bits per heavy atom. The summed E-state index contributed by atoms with van der Waals surface area (Å²) in [5.41, 5.74) is 4.25. The SMILES string of the molecule is CCCCCc1ccc(C#Cc2ccc3c(F)c(C4CCC(CCCC)CC4)ccc3c2)cc1. The topological polar surface area (TPSA) is 0 Å². The molecule has 178 valence electrons. The molecule has 3 aromatic rings. The minimum atomic E-state index is -0.0207. The second kappa shape index (κ2) is 12.2. The Morgan fingerprint density at radius 3 is 2.21 bits per heavy atom. The number of hydrogen-bond donors (Lipinski definition) is 0. The Balaban J connectivity index is 1.43. The molecule has 0 radical (unpaired) electrons. The first kappa shape index (κ1) is 24.5. The molecule has 1 aliphatic rings. The average molecular weight is 455 g/mol. The number of halogens is 1. The van der Waals surface area contributed by atoms with Gasteiger partial charge in [0.1, 0.15) is 5.82 Å². The number of benzene rings is 3. The highest BCUT2D eigenvalue weighted by Crippen LogP contribution is 2.39. The fourth-order valence-electron chi connectivity index (χ4n) is 5.43. The lowest BCUT2D eigenvalue weighted by Crippen LogP contribution is -2.14. The fourth-order valence-corrected chi connectivity index (χ4v) is 5.43. The van der Waals surface area contributed by atoms with Gasteiger partial charge in [0, 0.05) is 16.5 Å². The van der Waals surface area contributed by atoms with Gasteiger partial charge in [0.15, 0.2) is 0 Å². The minimum Gasteiger partial charge on any atom is -0.206 e. The van der Waals surface area contributed by atoms with E-state index in [9.17, 15) is 0 Å². The molecule has 0 bridgehead atoms. The number of fused-ring (bicyclic) bond motifs is 1. The van der Waals surface area contributed by atoms with Crippen LogP contribution in [0.4, 0.5) is 4.39 Å². The highest BCUT2D eigenvalue weighted by Gasteiger charge is 2.24. The maximum atomic E-state index is 15.4. The molecule has 0 spiro atoms. The van der Waals surface area contributed by atoms with Crippen LogP contribution in [0, 0.1) is 23.6 Å². The third-order valence-corrected chi connectivity index (χ3v) is 7.61. The largest absolute Gasteiger partial charge is 0.206 e. The van der Waals surface area contributed by atoms with Gasteiger partial charge in [0.05, 0.1) is 0 Å². The molecule has 1 heteroatoms. The molecular weight excluding hydrogens is 415 g/mol. The van der Waals surface area contributed by atoms with Gasteiger partial charge < -0.3 is 0 Å². The second-order valence-electron chi connectivity index (χ2n) is 10.2. The number of rotatable bonds is 8. The first-order valence-corrected chi connectivity index (χ1v) is 13.5. The van der Waals surface area contributed by atoms with Crippen LogP contribution in [-0.4, -0.2) is 0 Å². The van der Waals surface area contributed by atoms with Crippen LogP contribution < -0.4 is 0 Å². The number of unbranched alkanes of at least 4 members (excludes halogenated alkanes) is 3. The zero-order valence-corrected chi connectivity index (χ0v) is 21.0. The van der Waals surface area contributed by atoms with Crippen molar-refractivity contribution < 1.29 is 4.39 Å². The highest BCUT2D eigenvalue weighted by molar-refractivity contribution is 5.85. The predicted octanol–water partition coefficient (Wildman–Crippen LogP) is 9.58. The first-order valence-electron chi connectivity index (χ1n) is 13.5. The van der Waals surface area contributed by atoms with Gasteiger partial charge in [-0.05, 0) is 91.1 Å². The third-order valence-electron chi connectivity index (χ3n) is 7.61. The van der Waals surface area contributed by atoms with E-state index >= 15 is 4.39 Å². The van der Waals surface area contributed by atoms with Gasteiger partial charge in [0.25, 0.3) is 0 Å². The van der Waals surface area contributed by atoms with Gasteiger partial charge in [-0.3, -0.25) is 0 Å². The molecule has 0 nitrogen and oxygen atoms in total. The van der Waals surface area contributed by atoms with E-state index in [4.69, 9.17) is 0 Å². The summed E-state index contributed by atoms with van der Waals surface area (Å²) in [5, 5.41) is 1.67. The van der Waals surface area contributed by atoms with Crippen LogP contribution in [0.5, 0.6) is 0 Å². The maximum Gasteiger partial charge on any atom is 0.134 e. The van der Waals surface area contributed by atoms with Crippen LogP contribution in [0.3, 0.4) is 0 Å². The Bertz CT molecular complexity index is 1120. The van der Waals surface area contributed by atoms with Crippen molar-refractivity contribution in [2.24, 2.45) is 5.92 Å². The molecule has 0 atom stereocenters. The summed E-state index contributed by atoms with van der Waals surface area (Å²) in [7, 11) is 0. The van der Waals surface area contributed by atoms with Crippen LogP contribution in [-0.2, 0) is 6.42 Å². The van der Waals surface area contributed by atoms with E-state index in [0.717, 1.165) is 52.6 Å². The van der Waals surface area contributed by atoms with Crippen molar-refractivity contribution in [3.8, 4) is 11.8 Å². The van der Waals surface area contributed by atoms with Gasteiger partial charge in [-0.2, -0.15) is 0 Å². The van der Waals surface area contributed by atoms with Crippen molar-refractivity contribution in [3.05, 3.63) is 82.7 Å². The average Bonchev–Trinajstić information content (AvgIpc) is 2.88. The van der Waals surface area contributed by atoms with Crippen molar-refractivity contribution in [3.63, 3.8) is 0 Å². The van der Waals surface area contributed by atoms with Gasteiger partial charge in [-0.15, -0.1) is 0 Å². The number of hydrogen-bond acceptors (Lipinski definition) is 0. The van der Waals surface area contributed by atoms with E-state index in [1.807, 2.05) is 24.3 Å². The maximum absolute atomic E-state index is 15.4. The molecule has 1 fully saturated rings. The third kappa shape index (κ3) is 6.29. The highest BCUT2D eigenvalue weighted by atomic mass is 19.1. The lowest BCUT2D eigenvalue weighted by molar-refractivity contribution is 0.301. The summed E-state index contributed by atoms with van der Waals surface area (Å²) in [4.78, 5) is 0. The summed E-state index contributed by atoms with van der Waals surface area (Å²) < 4.78 is 15.4. The summed E-state index contributed by atoms with van der Waals surface area (Å²) in [5.74, 6) is 7.74. The zero-order valence-electron chi connectivity index (χ0n) is 21.0. The summed E-state index contributed by atoms with van der Waals surface area (Å²) in [6, 6.07) is 18.6. The van der Waals surface area contributed by atoms with E-state index < -0.39 is 0 Å². The molecule has 1 saturated carbocycles. The molecule has 0 amide bonds. The quantitative estimate of drug-likeness (QED) is 0.235. The zero-order chi connectivity index (χ0) is 23.8. The molecule has 0 N–H and O–H groups in total. The van der Waals surface area contributed by atoms with E-state index in [1.54, 1.807) is 0 Å². The van der Waals surface area contributed by atoms with Gasteiger partial charge in [-0.25, -0.2) is 4.39 Å². The van der Waals surface area contributed by atoms with Crippen molar-refractivity contribution in [2.75, 3.05) is 0 Å². The van der Waals surface area contributed by atoms with Crippen LogP contribution in [0.2, 0.25) is 0 Å². The molecule has 3 aromatic carbocycles. The molecule has 0 aliphatic heterocycles. The summed E-state index contributed by atoms with van der Waals surface area (Å²) in [6.07, 6.45) is 13.6.